The molecule has 0 fully saturated rings. The van der Waals surface area contributed by atoms with E-state index in [1.807, 2.05) is 25.1 Å². The van der Waals surface area contributed by atoms with Crippen LogP contribution in [0.25, 0.3) is 0 Å². The molecule has 0 atom stereocenters. The Hall–Kier alpha value is -2.20. The van der Waals surface area contributed by atoms with E-state index in [4.69, 9.17) is 0 Å². The Kier molecular flexibility index (Phi) is 3.48. The van der Waals surface area contributed by atoms with E-state index in [0.717, 1.165) is 30.8 Å². The number of aromatic nitrogens is 1. The van der Waals surface area contributed by atoms with Crippen LogP contribution < -0.4 is 10.6 Å². The van der Waals surface area contributed by atoms with Crippen molar-refractivity contribution in [2.75, 3.05) is 11.9 Å². The largest absolute Gasteiger partial charge is 0.322 e. The second kappa shape index (κ2) is 5.43. The zero-order valence-corrected chi connectivity index (χ0v) is 11.4. The van der Waals surface area contributed by atoms with Crippen LogP contribution in [-0.4, -0.2) is 17.4 Å². The van der Waals surface area contributed by atoms with Crippen LogP contribution >= 0.6 is 0 Å². The number of aryl methyl sites for hydroxylation is 1. The van der Waals surface area contributed by atoms with Gasteiger partial charge in [0, 0.05) is 30.2 Å². The lowest BCUT2D eigenvalue weighted by molar-refractivity contribution is 0.102. The molecule has 1 aromatic heterocycles. The lowest BCUT2D eigenvalue weighted by Gasteiger charge is -2.17. The molecule has 0 unspecified atom stereocenters. The third-order valence-corrected chi connectivity index (χ3v) is 3.62. The zero-order valence-electron chi connectivity index (χ0n) is 11.4. The van der Waals surface area contributed by atoms with Crippen molar-refractivity contribution >= 4 is 11.6 Å². The summed E-state index contributed by atoms with van der Waals surface area (Å²) in [4.78, 5) is 16.3. The molecule has 0 bridgehead atoms. The highest BCUT2D eigenvalue weighted by molar-refractivity contribution is 6.04. The van der Waals surface area contributed by atoms with E-state index >= 15 is 0 Å². The fraction of sp³-hybridized carbons (Fsp3) is 0.250. The molecule has 0 saturated carbocycles. The highest BCUT2D eigenvalue weighted by Crippen LogP contribution is 2.18. The molecule has 4 heteroatoms. The summed E-state index contributed by atoms with van der Waals surface area (Å²) in [6, 6.07) is 7.75. The summed E-state index contributed by atoms with van der Waals surface area (Å²) in [6.07, 6.45) is 4.45. The van der Waals surface area contributed by atoms with Crippen LogP contribution in [0.1, 0.15) is 27.0 Å². The van der Waals surface area contributed by atoms with E-state index in [0.29, 0.717) is 5.56 Å². The average molecular weight is 267 g/mol. The summed E-state index contributed by atoms with van der Waals surface area (Å²) in [6.45, 7) is 3.78. The highest BCUT2D eigenvalue weighted by Gasteiger charge is 2.13. The second-order valence-electron chi connectivity index (χ2n) is 5.05. The molecule has 2 N–H and O–H groups in total. The highest BCUT2D eigenvalue weighted by atomic mass is 16.1. The Morgan fingerprint density at radius 2 is 2.20 bits per heavy atom. The Morgan fingerprint density at radius 1 is 1.30 bits per heavy atom. The van der Waals surface area contributed by atoms with Gasteiger partial charge in [-0.15, -0.1) is 0 Å². The zero-order chi connectivity index (χ0) is 13.9. The van der Waals surface area contributed by atoms with E-state index in [1.165, 1.54) is 11.1 Å². The second-order valence-corrected chi connectivity index (χ2v) is 5.05. The van der Waals surface area contributed by atoms with Crippen LogP contribution in [-0.2, 0) is 13.0 Å². The van der Waals surface area contributed by atoms with Gasteiger partial charge in [0.05, 0.1) is 0 Å². The minimum absolute atomic E-state index is 0.0762. The van der Waals surface area contributed by atoms with Gasteiger partial charge in [-0.05, 0) is 54.8 Å². The number of hydrogen-bond donors (Lipinski definition) is 2. The van der Waals surface area contributed by atoms with E-state index < -0.39 is 0 Å². The van der Waals surface area contributed by atoms with Gasteiger partial charge in [-0.3, -0.25) is 9.78 Å². The molecule has 1 aliphatic rings. The van der Waals surface area contributed by atoms with Crippen molar-refractivity contribution in [3.8, 4) is 0 Å². The summed E-state index contributed by atoms with van der Waals surface area (Å²) in [7, 11) is 0. The molecule has 20 heavy (non-hydrogen) atoms. The van der Waals surface area contributed by atoms with Crippen molar-refractivity contribution in [2.24, 2.45) is 0 Å². The van der Waals surface area contributed by atoms with Crippen molar-refractivity contribution in [1.82, 2.24) is 10.3 Å². The third-order valence-electron chi connectivity index (χ3n) is 3.62. The van der Waals surface area contributed by atoms with Crippen LogP contribution in [0.15, 0.2) is 36.7 Å². The summed E-state index contributed by atoms with van der Waals surface area (Å²) in [5.41, 5.74) is 5.01. The molecule has 1 amide bonds. The fourth-order valence-corrected chi connectivity index (χ4v) is 2.43. The monoisotopic (exact) mass is 267 g/mol. The molecule has 2 aromatic rings. The maximum Gasteiger partial charge on any atom is 0.255 e. The Morgan fingerprint density at radius 3 is 3.05 bits per heavy atom. The van der Waals surface area contributed by atoms with Gasteiger partial charge in [0.1, 0.15) is 0 Å². The number of rotatable bonds is 2. The van der Waals surface area contributed by atoms with Crippen molar-refractivity contribution in [2.45, 2.75) is 19.9 Å². The SMILES string of the molecule is Cc1cnccc1NC(=O)c1ccc2c(c1)CNCC2. The van der Waals surface area contributed by atoms with E-state index in [2.05, 4.69) is 21.7 Å². The molecule has 0 spiro atoms. The van der Waals surface area contributed by atoms with Crippen molar-refractivity contribution in [3.05, 3.63) is 58.9 Å². The van der Waals surface area contributed by atoms with Crippen LogP contribution in [0.5, 0.6) is 0 Å². The number of nitrogens with zero attached hydrogens (tertiary/aromatic N) is 1. The van der Waals surface area contributed by atoms with Gasteiger partial charge in [0.2, 0.25) is 0 Å². The quantitative estimate of drug-likeness (QED) is 0.877. The number of carbonyl (C=O) groups is 1. The molecule has 0 radical (unpaired) electrons. The Labute approximate surface area is 118 Å². The van der Waals surface area contributed by atoms with Gasteiger partial charge in [0.25, 0.3) is 5.91 Å². The number of anilines is 1. The average Bonchev–Trinajstić information content (AvgIpc) is 2.49. The molecule has 0 aliphatic carbocycles. The molecule has 0 saturated heterocycles. The number of carbonyl (C=O) groups excluding carboxylic acids is 1. The van der Waals surface area contributed by atoms with Crippen molar-refractivity contribution in [1.29, 1.82) is 0 Å². The molecular formula is C16H17N3O. The van der Waals surface area contributed by atoms with Crippen molar-refractivity contribution < 1.29 is 4.79 Å². The number of benzene rings is 1. The molecule has 102 valence electrons. The minimum Gasteiger partial charge on any atom is -0.322 e. The van der Waals surface area contributed by atoms with E-state index in [1.54, 1.807) is 12.4 Å². The Balaban J connectivity index is 1.82. The van der Waals surface area contributed by atoms with Gasteiger partial charge >= 0.3 is 0 Å². The van der Waals surface area contributed by atoms with Crippen molar-refractivity contribution in [3.63, 3.8) is 0 Å². The first-order valence-electron chi connectivity index (χ1n) is 6.78. The maximum absolute atomic E-state index is 12.3. The van der Waals surface area contributed by atoms with Crippen LogP contribution in [0.2, 0.25) is 0 Å². The van der Waals surface area contributed by atoms with Crippen LogP contribution in [0.4, 0.5) is 5.69 Å². The predicted octanol–water partition coefficient (Wildman–Crippen LogP) is 2.29. The normalized spacial score (nSPS) is 13.7. The topological polar surface area (TPSA) is 54.0 Å². The third kappa shape index (κ3) is 2.56. The molecule has 1 aliphatic heterocycles. The lowest BCUT2D eigenvalue weighted by Crippen LogP contribution is -2.24. The van der Waals surface area contributed by atoms with E-state index in [9.17, 15) is 4.79 Å². The van der Waals surface area contributed by atoms with Crippen LogP contribution in [0.3, 0.4) is 0 Å². The summed E-state index contributed by atoms with van der Waals surface area (Å²) >= 11 is 0. The summed E-state index contributed by atoms with van der Waals surface area (Å²) in [5.74, 6) is -0.0762. The van der Waals surface area contributed by atoms with Gasteiger partial charge in [-0.2, -0.15) is 0 Å². The van der Waals surface area contributed by atoms with Gasteiger partial charge in [0.15, 0.2) is 0 Å². The predicted molar refractivity (Wildman–Crippen MR) is 78.8 cm³/mol. The molecule has 1 aromatic carbocycles. The van der Waals surface area contributed by atoms with Crippen LogP contribution in [0, 0.1) is 6.92 Å². The Bertz CT molecular complexity index is 652. The number of fused-ring (bicyclic) bond motifs is 1. The molecule has 4 nitrogen and oxygen atoms in total. The number of hydrogen-bond acceptors (Lipinski definition) is 3. The molecule has 2 heterocycles. The van der Waals surface area contributed by atoms with E-state index in [-0.39, 0.29) is 5.91 Å². The fourth-order valence-electron chi connectivity index (χ4n) is 2.43. The first kappa shape index (κ1) is 12.8. The summed E-state index contributed by atoms with van der Waals surface area (Å²) < 4.78 is 0. The van der Waals surface area contributed by atoms with Gasteiger partial charge in [-0.1, -0.05) is 6.07 Å². The minimum atomic E-state index is -0.0762. The lowest BCUT2D eigenvalue weighted by atomic mass is 9.98. The maximum atomic E-state index is 12.3. The first-order chi connectivity index (χ1) is 9.74. The number of pyridine rings is 1. The van der Waals surface area contributed by atoms with Gasteiger partial charge < -0.3 is 10.6 Å². The number of nitrogens with one attached hydrogen (secondary N) is 2. The smallest absolute Gasteiger partial charge is 0.255 e. The molecule has 3 rings (SSSR count). The number of amides is 1. The standard InChI is InChI=1S/C16H17N3O/c1-11-9-17-7-5-15(11)19-16(20)13-3-2-12-4-6-18-10-14(12)8-13/h2-3,5,7-9,18H,4,6,10H2,1H3,(H,17,19,20). The first-order valence-corrected chi connectivity index (χ1v) is 6.78. The molecular weight excluding hydrogens is 250 g/mol. The summed E-state index contributed by atoms with van der Waals surface area (Å²) in [5, 5.41) is 6.26. The van der Waals surface area contributed by atoms with Gasteiger partial charge in [-0.25, -0.2) is 0 Å².